The third-order valence-electron chi connectivity index (χ3n) is 2.14. The first-order valence-corrected chi connectivity index (χ1v) is 5.28. The summed E-state index contributed by atoms with van der Waals surface area (Å²) < 4.78 is 0. The number of hydrogen-bond acceptors (Lipinski definition) is 4. The molecule has 0 atom stereocenters. The average Bonchev–Trinajstić information content (AvgIpc) is 2.69. The minimum Gasteiger partial charge on any atom is -0.399 e. The van der Waals surface area contributed by atoms with E-state index in [0.29, 0.717) is 16.9 Å². The highest BCUT2D eigenvalue weighted by Gasteiger charge is 2.09. The zero-order chi connectivity index (χ0) is 10.8. The zero-order valence-electron chi connectivity index (χ0n) is 7.94. The number of aldehydes is 1. The van der Waals surface area contributed by atoms with Gasteiger partial charge in [0, 0.05) is 27.4 Å². The van der Waals surface area contributed by atoms with Crippen LogP contribution in [0.3, 0.4) is 0 Å². The molecular weight excluding hydrogens is 208 g/mol. The number of thiophene rings is 1. The number of nitrogen functional groups attached to an aromatic ring is 2. The molecule has 0 aliphatic rings. The van der Waals surface area contributed by atoms with Crippen molar-refractivity contribution in [2.45, 2.75) is 0 Å². The van der Waals surface area contributed by atoms with Gasteiger partial charge >= 0.3 is 0 Å². The van der Waals surface area contributed by atoms with Gasteiger partial charge < -0.3 is 11.5 Å². The minimum atomic E-state index is 0.634. The Bertz CT molecular complexity index is 505. The summed E-state index contributed by atoms with van der Waals surface area (Å²) in [6.07, 6.45) is 0.828. The lowest BCUT2D eigenvalue weighted by molar-refractivity contribution is 0.112. The van der Waals surface area contributed by atoms with Gasteiger partial charge in [0.05, 0.1) is 0 Å². The van der Waals surface area contributed by atoms with Crippen LogP contribution in [0.25, 0.3) is 10.4 Å². The predicted molar refractivity (Wildman–Crippen MR) is 64.0 cm³/mol. The fourth-order valence-corrected chi connectivity index (χ4v) is 2.31. The maximum absolute atomic E-state index is 10.8. The van der Waals surface area contributed by atoms with Crippen molar-refractivity contribution in [3.8, 4) is 10.4 Å². The molecule has 0 bridgehead atoms. The Morgan fingerprint density at radius 3 is 2.73 bits per heavy atom. The van der Waals surface area contributed by atoms with Crippen molar-refractivity contribution >= 4 is 29.0 Å². The summed E-state index contributed by atoms with van der Waals surface area (Å²) in [6, 6.07) is 7.05. The smallest absolute Gasteiger partial charge is 0.151 e. The van der Waals surface area contributed by atoms with Gasteiger partial charge in [-0.05, 0) is 29.6 Å². The van der Waals surface area contributed by atoms with Crippen LogP contribution in [0.2, 0.25) is 0 Å². The number of nitrogens with two attached hydrogens (primary N) is 2. The normalized spacial score (nSPS) is 10.1. The highest BCUT2D eigenvalue weighted by atomic mass is 32.1. The Labute approximate surface area is 91.3 Å². The molecular formula is C11H10N2OS. The molecule has 0 unspecified atom stereocenters. The first kappa shape index (κ1) is 9.73. The van der Waals surface area contributed by atoms with E-state index in [1.807, 2.05) is 5.38 Å². The van der Waals surface area contributed by atoms with E-state index in [1.54, 1.807) is 24.3 Å². The van der Waals surface area contributed by atoms with Crippen molar-refractivity contribution in [1.29, 1.82) is 0 Å². The Hall–Kier alpha value is -1.81. The molecule has 0 saturated carbocycles. The highest BCUT2D eigenvalue weighted by Crippen LogP contribution is 2.33. The number of benzene rings is 1. The van der Waals surface area contributed by atoms with Crippen molar-refractivity contribution in [3.63, 3.8) is 0 Å². The van der Waals surface area contributed by atoms with Crippen LogP contribution in [-0.4, -0.2) is 6.29 Å². The van der Waals surface area contributed by atoms with Gasteiger partial charge in [-0.1, -0.05) is 0 Å². The SMILES string of the molecule is Nc1ccc(N)c(-c2sccc2C=O)c1. The van der Waals surface area contributed by atoms with E-state index in [4.69, 9.17) is 11.5 Å². The number of carbonyl (C=O) groups is 1. The Kier molecular flexibility index (Phi) is 2.43. The fourth-order valence-electron chi connectivity index (χ4n) is 1.40. The molecule has 76 valence electrons. The summed E-state index contributed by atoms with van der Waals surface area (Å²) in [6.45, 7) is 0. The molecule has 4 heteroatoms. The van der Waals surface area contributed by atoms with E-state index in [0.717, 1.165) is 16.7 Å². The Morgan fingerprint density at radius 1 is 1.20 bits per heavy atom. The molecule has 2 rings (SSSR count). The van der Waals surface area contributed by atoms with Crippen LogP contribution >= 0.6 is 11.3 Å². The summed E-state index contributed by atoms with van der Waals surface area (Å²) in [7, 11) is 0. The molecule has 15 heavy (non-hydrogen) atoms. The summed E-state index contributed by atoms with van der Waals surface area (Å²) in [5.74, 6) is 0. The summed E-state index contributed by atoms with van der Waals surface area (Å²) in [4.78, 5) is 11.7. The van der Waals surface area contributed by atoms with Crippen LogP contribution in [0, 0.1) is 0 Å². The van der Waals surface area contributed by atoms with Crippen LogP contribution in [-0.2, 0) is 0 Å². The lowest BCUT2D eigenvalue weighted by Crippen LogP contribution is -1.93. The van der Waals surface area contributed by atoms with E-state index in [-0.39, 0.29) is 0 Å². The van der Waals surface area contributed by atoms with Crippen molar-refractivity contribution < 1.29 is 4.79 Å². The molecule has 0 aliphatic heterocycles. The second-order valence-electron chi connectivity index (χ2n) is 3.17. The van der Waals surface area contributed by atoms with Crippen molar-refractivity contribution in [2.75, 3.05) is 11.5 Å². The average molecular weight is 218 g/mol. The largest absolute Gasteiger partial charge is 0.399 e. The molecule has 1 aromatic heterocycles. The van der Waals surface area contributed by atoms with E-state index >= 15 is 0 Å². The van der Waals surface area contributed by atoms with Gasteiger partial charge in [-0.15, -0.1) is 11.3 Å². The molecule has 0 radical (unpaired) electrons. The van der Waals surface area contributed by atoms with Crippen molar-refractivity contribution in [1.82, 2.24) is 0 Å². The second kappa shape index (κ2) is 3.74. The predicted octanol–water partition coefficient (Wildman–Crippen LogP) is 2.39. The molecule has 0 spiro atoms. The number of carbonyl (C=O) groups excluding carboxylic acids is 1. The third kappa shape index (κ3) is 1.71. The maximum atomic E-state index is 10.8. The molecule has 3 nitrogen and oxygen atoms in total. The number of hydrogen-bond donors (Lipinski definition) is 2. The second-order valence-corrected chi connectivity index (χ2v) is 4.09. The van der Waals surface area contributed by atoms with Crippen LogP contribution in [0.4, 0.5) is 11.4 Å². The van der Waals surface area contributed by atoms with E-state index in [9.17, 15) is 4.79 Å². The molecule has 0 fully saturated rings. The molecule has 4 N–H and O–H groups in total. The fraction of sp³-hybridized carbons (Fsp3) is 0. The van der Waals surface area contributed by atoms with E-state index in [1.165, 1.54) is 11.3 Å². The van der Waals surface area contributed by atoms with E-state index in [2.05, 4.69) is 0 Å². The number of anilines is 2. The van der Waals surface area contributed by atoms with Gasteiger partial charge in [0.15, 0.2) is 6.29 Å². The Morgan fingerprint density at radius 2 is 2.00 bits per heavy atom. The summed E-state index contributed by atoms with van der Waals surface area (Å²) in [5, 5.41) is 1.86. The maximum Gasteiger partial charge on any atom is 0.151 e. The quantitative estimate of drug-likeness (QED) is 0.600. The van der Waals surface area contributed by atoms with Gasteiger partial charge in [0.25, 0.3) is 0 Å². The lowest BCUT2D eigenvalue weighted by Gasteiger charge is -2.05. The highest BCUT2D eigenvalue weighted by molar-refractivity contribution is 7.14. The lowest BCUT2D eigenvalue weighted by atomic mass is 10.1. The first-order chi connectivity index (χ1) is 7.22. The molecule has 2 aromatic rings. The summed E-state index contributed by atoms with van der Waals surface area (Å²) in [5.41, 5.74) is 14.3. The monoisotopic (exact) mass is 218 g/mol. The third-order valence-corrected chi connectivity index (χ3v) is 3.11. The topological polar surface area (TPSA) is 69.1 Å². The van der Waals surface area contributed by atoms with Crippen LogP contribution < -0.4 is 11.5 Å². The van der Waals surface area contributed by atoms with Gasteiger partial charge in [-0.2, -0.15) is 0 Å². The number of rotatable bonds is 2. The molecule has 0 aliphatic carbocycles. The standard InChI is InChI=1S/C11H10N2OS/c12-8-1-2-10(13)9(5-8)11-7(6-14)3-4-15-11/h1-6H,12-13H2. The molecule has 0 saturated heterocycles. The van der Waals surface area contributed by atoms with Crippen molar-refractivity contribution in [3.05, 3.63) is 35.2 Å². The van der Waals surface area contributed by atoms with Crippen LogP contribution in [0.15, 0.2) is 29.6 Å². The van der Waals surface area contributed by atoms with Gasteiger partial charge in [0.1, 0.15) is 0 Å². The molecule has 1 heterocycles. The van der Waals surface area contributed by atoms with Crippen LogP contribution in [0.5, 0.6) is 0 Å². The van der Waals surface area contributed by atoms with Gasteiger partial charge in [-0.3, -0.25) is 4.79 Å². The molecule has 0 amide bonds. The molecule has 1 aromatic carbocycles. The van der Waals surface area contributed by atoms with E-state index < -0.39 is 0 Å². The minimum absolute atomic E-state index is 0.634. The first-order valence-electron chi connectivity index (χ1n) is 4.40. The summed E-state index contributed by atoms with van der Waals surface area (Å²) >= 11 is 1.48. The van der Waals surface area contributed by atoms with Crippen molar-refractivity contribution in [2.24, 2.45) is 0 Å². The Balaban J connectivity index is 2.62. The van der Waals surface area contributed by atoms with Crippen LogP contribution in [0.1, 0.15) is 10.4 Å². The zero-order valence-corrected chi connectivity index (χ0v) is 8.75. The van der Waals surface area contributed by atoms with Gasteiger partial charge in [0.2, 0.25) is 0 Å². The van der Waals surface area contributed by atoms with Gasteiger partial charge in [-0.25, -0.2) is 0 Å².